The van der Waals surface area contributed by atoms with Crippen molar-refractivity contribution >= 4 is 5.97 Å². The van der Waals surface area contributed by atoms with Gasteiger partial charge in [-0.3, -0.25) is 0 Å². The highest BCUT2D eigenvalue weighted by atomic mass is 16.5. The number of carbonyl (C=O) groups excluding carboxylic acids is 1. The molecule has 1 aromatic rings. The maximum atomic E-state index is 11.5. The number of rotatable bonds is 4. The Hall–Kier alpha value is -2.26. The maximum Gasteiger partial charge on any atom is 0.345 e. The van der Waals surface area contributed by atoms with E-state index in [4.69, 9.17) is 10.3 Å². The summed E-state index contributed by atoms with van der Waals surface area (Å²) in [5.74, 6) is -0.228. The molecule has 0 amide bonds. The Bertz CT molecular complexity index is 434. The van der Waals surface area contributed by atoms with Crippen molar-refractivity contribution in [1.82, 2.24) is 0 Å². The van der Waals surface area contributed by atoms with E-state index < -0.39 is 5.97 Å². The normalized spacial score (nSPS) is 10.4. The van der Waals surface area contributed by atoms with Crippen molar-refractivity contribution in [3.05, 3.63) is 52.5 Å². The monoisotopic (exact) mass is 217 g/mol. The highest BCUT2D eigenvalue weighted by Gasteiger charge is 2.09. The van der Waals surface area contributed by atoms with Crippen LogP contribution in [0.5, 0.6) is 5.75 Å². The van der Waals surface area contributed by atoms with Gasteiger partial charge in [-0.2, -0.15) is 0 Å². The lowest BCUT2D eigenvalue weighted by Gasteiger charge is -2.03. The van der Waals surface area contributed by atoms with Crippen LogP contribution in [0.2, 0.25) is 0 Å². The summed E-state index contributed by atoms with van der Waals surface area (Å²) in [5.41, 5.74) is 8.27. The van der Waals surface area contributed by atoms with E-state index in [0.717, 1.165) is 0 Å². The average molecular weight is 217 g/mol. The number of hydrogen-bond donors (Lipinski definition) is 0. The number of esters is 1. The average Bonchev–Trinajstić information content (AvgIpc) is 2.30. The van der Waals surface area contributed by atoms with Gasteiger partial charge in [-0.1, -0.05) is 36.3 Å². The number of nitrogens with zero attached hydrogens (tertiary/aromatic N) is 3. The van der Waals surface area contributed by atoms with E-state index in [1.54, 1.807) is 24.3 Å². The van der Waals surface area contributed by atoms with Crippen molar-refractivity contribution in [3.63, 3.8) is 0 Å². The summed E-state index contributed by atoms with van der Waals surface area (Å²) < 4.78 is 5.01. The molecule has 5 nitrogen and oxygen atoms in total. The van der Waals surface area contributed by atoms with Crippen LogP contribution >= 0.6 is 0 Å². The molecule has 0 aromatic heterocycles. The van der Waals surface area contributed by atoms with Gasteiger partial charge in [0.05, 0.1) is 0 Å². The zero-order chi connectivity index (χ0) is 11.8. The number of hydrogen-bond acceptors (Lipinski definition) is 3. The van der Waals surface area contributed by atoms with E-state index >= 15 is 0 Å². The third kappa shape index (κ3) is 3.48. The smallest absolute Gasteiger partial charge is 0.345 e. The summed E-state index contributed by atoms with van der Waals surface area (Å²) in [5, 5.41) is 3.28. The fraction of sp³-hybridized carbons (Fsp3) is 0.182. The van der Waals surface area contributed by atoms with Crippen molar-refractivity contribution in [2.24, 2.45) is 5.11 Å². The van der Waals surface area contributed by atoms with Gasteiger partial charge in [0, 0.05) is 4.91 Å². The van der Waals surface area contributed by atoms with Crippen LogP contribution in [0.25, 0.3) is 10.4 Å². The zero-order valence-electron chi connectivity index (χ0n) is 8.83. The second kappa shape index (κ2) is 6.27. The van der Waals surface area contributed by atoms with E-state index in [0.29, 0.717) is 12.2 Å². The molecule has 0 aliphatic rings. The maximum absolute atomic E-state index is 11.5. The first kappa shape index (κ1) is 11.8. The molecular formula is C11H11N3O2. The van der Waals surface area contributed by atoms with Gasteiger partial charge in [-0.25, -0.2) is 4.79 Å². The molecular weight excluding hydrogens is 206 g/mol. The summed E-state index contributed by atoms with van der Waals surface area (Å²) >= 11 is 0. The Balaban J connectivity index is 2.78. The van der Waals surface area contributed by atoms with Crippen LogP contribution in [0.15, 0.2) is 47.2 Å². The first-order chi connectivity index (χ1) is 7.77. The first-order valence-corrected chi connectivity index (χ1v) is 4.80. The quantitative estimate of drug-likeness (QED) is 0.194. The van der Waals surface area contributed by atoms with Crippen molar-refractivity contribution in [1.29, 1.82) is 0 Å². The van der Waals surface area contributed by atoms with Gasteiger partial charge in [0.2, 0.25) is 0 Å². The predicted octanol–water partition coefficient (Wildman–Crippen LogP) is 3.20. The molecule has 0 unspecified atom stereocenters. The van der Waals surface area contributed by atoms with Crippen LogP contribution < -0.4 is 4.74 Å². The van der Waals surface area contributed by atoms with Crippen LogP contribution in [-0.2, 0) is 4.79 Å². The molecule has 0 saturated heterocycles. The third-order valence-electron chi connectivity index (χ3n) is 1.71. The number of carbonyl (C=O) groups is 1. The molecule has 82 valence electrons. The topological polar surface area (TPSA) is 75.1 Å². The Morgan fingerprint density at radius 1 is 1.50 bits per heavy atom. The van der Waals surface area contributed by atoms with Gasteiger partial charge in [-0.05, 0) is 24.1 Å². The zero-order valence-corrected chi connectivity index (χ0v) is 8.83. The Morgan fingerprint density at radius 2 is 2.19 bits per heavy atom. The van der Waals surface area contributed by atoms with E-state index in [1.807, 2.05) is 13.0 Å². The highest BCUT2D eigenvalue weighted by Crippen LogP contribution is 2.11. The standard InChI is InChI=1S/C11H11N3O2/c1-2-6-10(13-14-12)11(15)16-9-7-4-3-5-8-9/h3-8H,2H2,1H3. The molecule has 0 aliphatic carbocycles. The molecule has 0 bridgehead atoms. The lowest BCUT2D eigenvalue weighted by Crippen LogP contribution is -2.09. The summed E-state index contributed by atoms with van der Waals surface area (Å²) in [7, 11) is 0. The van der Waals surface area contributed by atoms with Crippen molar-refractivity contribution in [2.75, 3.05) is 0 Å². The number of para-hydroxylation sites is 1. The SMILES string of the molecule is CCC=C(N=[N+]=[N-])C(=O)Oc1ccccc1. The lowest BCUT2D eigenvalue weighted by molar-refractivity contribution is -0.130. The number of benzene rings is 1. The van der Waals surface area contributed by atoms with E-state index in [9.17, 15) is 4.79 Å². The fourth-order valence-electron chi connectivity index (χ4n) is 1.05. The van der Waals surface area contributed by atoms with Crippen LogP contribution in [0.3, 0.4) is 0 Å². The lowest BCUT2D eigenvalue weighted by atomic mass is 10.3. The van der Waals surface area contributed by atoms with E-state index in [1.165, 1.54) is 6.08 Å². The molecule has 0 radical (unpaired) electrons. The van der Waals surface area contributed by atoms with Gasteiger partial charge < -0.3 is 4.74 Å². The van der Waals surface area contributed by atoms with Crippen LogP contribution in [0.1, 0.15) is 13.3 Å². The summed E-state index contributed by atoms with van der Waals surface area (Å²) in [6.07, 6.45) is 2.11. The molecule has 1 aromatic carbocycles. The molecule has 1 rings (SSSR count). The van der Waals surface area contributed by atoms with Crippen LogP contribution in [0.4, 0.5) is 0 Å². The van der Waals surface area contributed by atoms with Gasteiger partial charge >= 0.3 is 5.97 Å². The molecule has 0 heterocycles. The van der Waals surface area contributed by atoms with Gasteiger partial charge in [0.15, 0.2) is 0 Å². The Labute approximate surface area is 93.0 Å². The number of azide groups is 1. The summed E-state index contributed by atoms with van der Waals surface area (Å²) in [6, 6.07) is 8.61. The molecule has 0 fully saturated rings. The minimum absolute atomic E-state index is 0.0196. The largest absolute Gasteiger partial charge is 0.423 e. The molecule has 0 N–H and O–H groups in total. The summed E-state index contributed by atoms with van der Waals surface area (Å²) in [6.45, 7) is 1.84. The highest BCUT2D eigenvalue weighted by molar-refractivity contribution is 5.89. The molecule has 0 saturated carbocycles. The second-order valence-corrected chi connectivity index (χ2v) is 2.89. The third-order valence-corrected chi connectivity index (χ3v) is 1.71. The van der Waals surface area contributed by atoms with Gasteiger partial charge in [0.1, 0.15) is 11.4 Å². The van der Waals surface area contributed by atoms with Gasteiger partial charge in [0.25, 0.3) is 0 Å². The minimum atomic E-state index is -0.647. The molecule has 5 heteroatoms. The predicted molar refractivity (Wildman–Crippen MR) is 59.6 cm³/mol. The van der Waals surface area contributed by atoms with Crippen LogP contribution in [-0.4, -0.2) is 5.97 Å². The minimum Gasteiger partial charge on any atom is -0.423 e. The molecule has 0 spiro atoms. The van der Waals surface area contributed by atoms with Gasteiger partial charge in [-0.15, -0.1) is 0 Å². The van der Waals surface area contributed by atoms with Crippen molar-refractivity contribution in [2.45, 2.75) is 13.3 Å². The second-order valence-electron chi connectivity index (χ2n) is 2.89. The van der Waals surface area contributed by atoms with Crippen molar-refractivity contribution < 1.29 is 9.53 Å². The first-order valence-electron chi connectivity index (χ1n) is 4.80. The number of ether oxygens (including phenoxy) is 1. The van der Waals surface area contributed by atoms with E-state index in [-0.39, 0.29) is 5.70 Å². The molecule has 16 heavy (non-hydrogen) atoms. The summed E-state index contributed by atoms with van der Waals surface area (Å²) in [4.78, 5) is 14.1. The Morgan fingerprint density at radius 3 is 2.75 bits per heavy atom. The van der Waals surface area contributed by atoms with Crippen LogP contribution in [0, 0.1) is 0 Å². The molecule has 0 aliphatic heterocycles. The van der Waals surface area contributed by atoms with E-state index in [2.05, 4.69) is 10.0 Å². The number of allylic oxidation sites excluding steroid dienone is 1. The Kier molecular flexibility index (Phi) is 4.63. The van der Waals surface area contributed by atoms with Crippen molar-refractivity contribution in [3.8, 4) is 5.75 Å². The molecule has 0 atom stereocenters. The fourth-order valence-corrected chi connectivity index (χ4v) is 1.05.